The van der Waals surface area contributed by atoms with Crippen LogP contribution in [-0.4, -0.2) is 61.0 Å². The SMILES string of the molecule is CC(C)(C(=O)N1CCC(N2CCNCC2)C1)c1ccccc1Cl.Cl. The van der Waals surface area contributed by atoms with Crippen molar-refractivity contribution in [1.82, 2.24) is 15.1 Å². The van der Waals surface area contributed by atoms with Gasteiger partial charge in [0.25, 0.3) is 0 Å². The van der Waals surface area contributed by atoms with Gasteiger partial charge in [0.05, 0.1) is 5.41 Å². The van der Waals surface area contributed by atoms with Gasteiger partial charge in [-0.3, -0.25) is 9.69 Å². The molecule has 2 fully saturated rings. The molecule has 1 aromatic carbocycles. The fraction of sp³-hybridized carbons (Fsp3) is 0.611. The van der Waals surface area contributed by atoms with E-state index in [9.17, 15) is 4.79 Å². The fourth-order valence-corrected chi connectivity index (χ4v) is 4.12. The molecule has 1 unspecified atom stereocenters. The number of hydrogen-bond donors (Lipinski definition) is 1. The lowest BCUT2D eigenvalue weighted by atomic mass is 9.83. The summed E-state index contributed by atoms with van der Waals surface area (Å²) in [6.07, 6.45) is 1.07. The predicted molar refractivity (Wildman–Crippen MR) is 101 cm³/mol. The van der Waals surface area contributed by atoms with Crippen molar-refractivity contribution in [2.24, 2.45) is 0 Å². The molecular weight excluding hydrogens is 345 g/mol. The average molecular weight is 372 g/mol. The lowest BCUT2D eigenvalue weighted by molar-refractivity contribution is -0.135. The van der Waals surface area contributed by atoms with E-state index in [0.717, 1.165) is 51.3 Å². The Hall–Kier alpha value is -0.810. The van der Waals surface area contributed by atoms with Crippen LogP contribution in [0.25, 0.3) is 0 Å². The zero-order valence-corrected chi connectivity index (χ0v) is 16.0. The number of likely N-dealkylation sites (tertiary alicyclic amines) is 1. The molecule has 6 heteroatoms. The van der Waals surface area contributed by atoms with Gasteiger partial charge in [-0.25, -0.2) is 0 Å². The number of piperazine rings is 1. The predicted octanol–water partition coefficient (Wildman–Crippen LogP) is 2.55. The van der Waals surface area contributed by atoms with Crippen molar-refractivity contribution in [3.05, 3.63) is 34.9 Å². The van der Waals surface area contributed by atoms with E-state index in [1.54, 1.807) is 0 Å². The molecule has 0 radical (unpaired) electrons. The number of hydrogen-bond acceptors (Lipinski definition) is 3. The quantitative estimate of drug-likeness (QED) is 0.886. The Bertz CT molecular complexity index is 573. The first kappa shape index (κ1) is 19.5. The summed E-state index contributed by atoms with van der Waals surface area (Å²) in [6.45, 7) is 9.92. The van der Waals surface area contributed by atoms with Crippen molar-refractivity contribution in [2.75, 3.05) is 39.3 Å². The highest BCUT2D eigenvalue weighted by molar-refractivity contribution is 6.31. The van der Waals surface area contributed by atoms with Crippen LogP contribution in [0.5, 0.6) is 0 Å². The van der Waals surface area contributed by atoms with Crippen LogP contribution in [-0.2, 0) is 10.2 Å². The highest BCUT2D eigenvalue weighted by atomic mass is 35.5. The van der Waals surface area contributed by atoms with E-state index in [1.165, 1.54) is 0 Å². The van der Waals surface area contributed by atoms with Crippen LogP contribution < -0.4 is 5.32 Å². The van der Waals surface area contributed by atoms with E-state index in [2.05, 4.69) is 10.2 Å². The lowest BCUT2D eigenvalue weighted by Gasteiger charge is -2.34. The van der Waals surface area contributed by atoms with E-state index in [0.29, 0.717) is 11.1 Å². The van der Waals surface area contributed by atoms with Crippen LogP contribution in [0.4, 0.5) is 0 Å². The van der Waals surface area contributed by atoms with Gasteiger partial charge in [0.2, 0.25) is 5.91 Å². The third kappa shape index (κ3) is 3.88. The molecule has 1 atom stereocenters. The summed E-state index contributed by atoms with van der Waals surface area (Å²) in [7, 11) is 0. The van der Waals surface area contributed by atoms with E-state index >= 15 is 0 Å². The largest absolute Gasteiger partial charge is 0.340 e. The molecule has 0 aliphatic carbocycles. The molecule has 2 heterocycles. The van der Waals surface area contributed by atoms with Gasteiger partial charge in [-0.05, 0) is 31.9 Å². The smallest absolute Gasteiger partial charge is 0.232 e. The number of rotatable bonds is 3. The fourth-order valence-electron chi connectivity index (χ4n) is 3.75. The molecule has 2 aliphatic heterocycles. The average Bonchev–Trinajstić information content (AvgIpc) is 3.05. The van der Waals surface area contributed by atoms with Crippen molar-refractivity contribution in [3.63, 3.8) is 0 Å². The molecule has 3 rings (SSSR count). The Morgan fingerprint density at radius 1 is 1.21 bits per heavy atom. The van der Waals surface area contributed by atoms with E-state index in [-0.39, 0.29) is 18.3 Å². The second-order valence-electron chi connectivity index (χ2n) is 7.08. The molecule has 24 heavy (non-hydrogen) atoms. The molecule has 0 bridgehead atoms. The molecule has 134 valence electrons. The number of amides is 1. The van der Waals surface area contributed by atoms with Gasteiger partial charge in [-0.15, -0.1) is 12.4 Å². The van der Waals surface area contributed by atoms with E-state index < -0.39 is 5.41 Å². The highest BCUT2D eigenvalue weighted by Gasteiger charge is 2.39. The summed E-state index contributed by atoms with van der Waals surface area (Å²) in [6, 6.07) is 8.18. The van der Waals surface area contributed by atoms with E-state index in [1.807, 2.05) is 43.0 Å². The minimum absolute atomic E-state index is 0. The number of halogens is 2. The second-order valence-corrected chi connectivity index (χ2v) is 7.49. The zero-order valence-electron chi connectivity index (χ0n) is 14.4. The third-order valence-corrected chi connectivity index (χ3v) is 5.53. The summed E-state index contributed by atoms with van der Waals surface area (Å²) in [5.74, 6) is 0.184. The van der Waals surface area contributed by atoms with Gasteiger partial charge in [0, 0.05) is 50.3 Å². The first-order valence-electron chi connectivity index (χ1n) is 8.49. The highest BCUT2D eigenvalue weighted by Crippen LogP contribution is 2.32. The molecule has 0 aromatic heterocycles. The van der Waals surface area contributed by atoms with Crippen LogP contribution in [0.3, 0.4) is 0 Å². The number of nitrogens with one attached hydrogen (secondary N) is 1. The molecule has 2 aliphatic rings. The molecule has 1 aromatic rings. The monoisotopic (exact) mass is 371 g/mol. The first-order valence-corrected chi connectivity index (χ1v) is 8.87. The standard InChI is InChI=1S/C18H26ClN3O.ClH/c1-18(2,15-5-3-4-6-16(15)19)17(23)22-10-7-14(13-22)21-11-8-20-9-12-21;/h3-6,14,20H,7-13H2,1-2H3;1H. The summed E-state index contributed by atoms with van der Waals surface area (Å²) >= 11 is 6.32. The van der Waals surface area contributed by atoms with Crippen LogP contribution in [0.1, 0.15) is 25.8 Å². The Balaban J connectivity index is 0.00000208. The Kier molecular flexibility index (Phi) is 6.54. The van der Waals surface area contributed by atoms with Crippen LogP contribution in [0, 0.1) is 0 Å². The molecule has 2 saturated heterocycles. The third-order valence-electron chi connectivity index (χ3n) is 5.20. The van der Waals surface area contributed by atoms with Gasteiger partial charge in [-0.2, -0.15) is 0 Å². The van der Waals surface area contributed by atoms with Gasteiger partial charge < -0.3 is 10.2 Å². The zero-order chi connectivity index (χ0) is 16.4. The Morgan fingerprint density at radius 3 is 2.54 bits per heavy atom. The number of benzene rings is 1. The summed E-state index contributed by atoms with van der Waals surface area (Å²) in [5, 5.41) is 4.06. The summed E-state index contributed by atoms with van der Waals surface area (Å²) < 4.78 is 0. The van der Waals surface area contributed by atoms with Crippen molar-refractivity contribution in [1.29, 1.82) is 0 Å². The Labute approximate surface area is 155 Å². The van der Waals surface area contributed by atoms with Crippen molar-refractivity contribution in [2.45, 2.75) is 31.7 Å². The maximum Gasteiger partial charge on any atom is 0.232 e. The molecule has 4 nitrogen and oxygen atoms in total. The number of carbonyl (C=O) groups excluding carboxylic acids is 1. The van der Waals surface area contributed by atoms with E-state index in [4.69, 9.17) is 11.6 Å². The summed E-state index contributed by atoms with van der Waals surface area (Å²) in [4.78, 5) is 17.6. The van der Waals surface area contributed by atoms with Gasteiger partial charge in [0.1, 0.15) is 0 Å². The van der Waals surface area contributed by atoms with Gasteiger partial charge >= 0.3 is 0 Å². The minimum atomic E-state index is -0.587. The topological polar surface area (TPSA) is 35.6 Å². The molecule has 1 amide bonds. The Morgan fingerprint density at radius 2 is 1.88 bits per heavy atom. The van der Waals surface area contributed by atoms with Crippen molar-refractivity contribution >= 4 is 29.9 Å². The van der Waals surface area contributed by atoms with Gasteiger partial charge in [0.15, 0.2) is 0 Å². The molecule has 0 saturated carbocycles. The number of carbonyl (C=O) groups is 1. The van der Waals surface area contributed by atoms with Gasteiger partial charge in [-0.1, -0.05) is 29.8 Å². The molecule has 1 N–H and O–H groups in total. The van der Waals surface area contributed by atoms with Crippen molar-refractivity contribution < 1.29 is 4.79 Å². The maximum absolute atomic E-state index is 13.1. The summed E-state index contributed by atoms with van der Waals surface area (Å²) in [5.41, 5.74) is 0.328. The number of nitrogens with zero attached hydrogens (tertiary/aromatic N) is 2. The lowest BCUT2D eigenvalue weighted by Crippen LogP contribution is -2.50. The molecular formula is C18H27Cl2N3O. The molecule has 0 spiro atoms. The van der Waals surface area contributed by atoms with Crippen LogP contribution in [0.15, 0.2) is 24.3 Å². The van der Waals surface area contributed by atoms with Crippen LogP contribution in [0.2, 0.25) is 5.02 Å². The first-order chi connectivity index (χ1) is 11.0. The second kappa shape index (κ2) is 8.05. The minimum Gasteiger partial charge on any atom is -0.340 e. The maximum atomic E-state index is 13.1. The normalized spacial score (nSPS) is 22.3. The van der Waals surface area contributed by atoms with Crippen molar-refractivity contribution in [3.8, 4) is 0 Å². The van der Waals surface area contributed by atoms with Crippen LogP contribution >= 0.6 is 24.0 Å².